The Morgan fingerprint density at radius 1 is 1.18 bits per heavy atom. The van der Waals surface area contributed by atoms with Crippen LogP contribution in [0.25, 0.3) is 16.6 Å². The molecular formula is C21H18N6O. The number of nitrogens with zero attached hydrogens (tertiary/aromatic N) is 5. The summed E-state index contributed by atoms with van der Waals surface area (Å²) in [6.45, 7) is 3.81. The Morgan fingerprint density at radius 3 is 2.82 bits per heavy atom. The number of pyridine rings is 1. The first kappa shape index (κ1) is 17.6. The summed E-state index contributed by atoms with van der Waals surface area (Å²) >= 11 is 0. The Hall–Kier alpha value is -3.79. The molecule has 0 fully saturated rings. The van der Waals surface area contributed by atoms with Crippen molar-refractivity contribution in [3.63, 3.8) is 0 Å². The number of nitrogens with one attached hydrogen (secondary N) is 1. The largest absolute Gasteiger partial charge is 0.311 e. The standard InChI is InChI=1S/C21H18N6O/c1-13-17(14(2)27-21(24-13)16(11-22)12-23-27)8-10-20(28)26-19-9-7-15-5-3-4-6-18(15)25-19/h3-7,9,12H,8,10H2,1-2H3,(H,25,26,28). The summed E-state index contributed by atoms with van der Waals surface area (Å²) in [7, 11) is 0. The number of hydrogen-bond donors (Lipinski definition) is 1. The van der Waals surface area contributed by atoms with E-state index in [1.807, 2.05) is 44.2 Å². The molecule has 138 valence electrons. The molecule has 0 radical (unpaired) electrons. The molecule has 0 saturated heterocycles. The van der Waals surface area contributed by atoms with E-state index in [9.17, 15) is 4.79 Å². The second-order valence-corrected chi connectivity index (χ2v) is 6.60. The molecular weight excluding hydrogens is 352 g/mol. The number of carbonyl (C=O) groups is 1. The fourth-order valence-electron chi connectivity index (χ4n) is 3.33. The fraction of sp³-hybridized carbons (Fsp3) is 0.190. The number of para-hydroxylation sites is 1. The van der Waals surface area contributed by atoms with E-state index in [0.29, 0.717) is 29.9 Å². The summed E-state index contributed by atoms with van der Waals surface area (Å²) in [4.78, 5) is 21.4. The number of amides is 1. The topological polar surface area (TPSA) is 96.0 Å². The Kier molecular flexibility index (Phi) is 4.45. The van der Waals surface area contributed by atoms with Crippen LogP contribution in [0, 0.1) is 25.2 Å². The minimum Gasteiger partial charge on any atom is -0.311 e. The molecule has 0 aliphatic heterocycles. The molecule has 4 rings (SSSR count). The SMILES string of the molecule is Cc1nc2c(C#N)cnn2c(C)c1CCC(=O)Nc1ccc2ccccc2n1. The van der Waals surface area contributed by atoms with Crippen molar-refractivity contribution in [1.29, 1.82) is 5.26 Å². The van der Waals surface area contributed by atoms with Crippen molar-refractivity contribution in [3.05, 3.63) is 65.1 Å². The Bertz CT molecular complexity index is 1250. The number of anilines is 1. The number of fused-ring (bicyclic) bond motifs is 2. The molecule has 7 nitrogen and oxygen atoms in total. The second-order valence-electron chi connectivity index (χ2n) is 6.60. The highest BCUT2D eigenvalue weighted by molar-refractivity contribution is 5.91. The van der Waals surface area contributed by atoms with Crippen molar-refractivity contribution in [3.8, 4) is 6.07 Å². The summed E-state index contributed by atoms with van der Waals surface area (Å²) in [5.41, 5.74) is 4.48. The maximum absolute atomic E-state index is 12.4. The van der Waals surface area contributed by atoms with E-state index in [-0.39, 0.29) is 5.91 Å². The van der Waals surface area contributed by atoms with Gasteiger partial charge in [-0.25, -0.2) is 14.5 Å². The first-order valence-electron chi connectivity index (χ1n) is 8.96. The lowest BCUT2D eigenvalue weighted by Gasteiger charge is -2.11. The molecule has 7 heteroatoms. The smallest absolute Gasteiger partial charge is 0.225 e. The molecule has 0 aliphatic rings. The van der Waals surface area contributed by atoms with E-state index < -0.39 is 0 Å². The van der Waals surface area contributed by atoms with Crippen LogP contribution in [0.5, 0.6) is 0 Å². The molecule has 1 amide bonds. The average molecular weight is 370 g/mol. The van der Waals surface area contributed by atoms with Crippen LogP contribution in [0.3, 0.4) is 0 Å². The molecule has 1 aromatic carbocycles. The van der Waals surface area contributed by atoms with Gasteiger partial charge in [-0.1, -0.05) is 18.2 Å². The van der Waals surface area contributed by atoms with Gasteiger partial charge >= 0.3 is 0 Å². The van der Waals surface area contributed by atoms with Crippen LogP contribution < -0.4 is 5.32 Å². The molecule has 4 aromatic rings. The number of carbonyl (C=O) groups excluding carboxylic acids is 1. The van der Waals surface area contributed by atoms with Gasteiger partial charge in [-0.05, 0) is 44.0 Å². The van der Waals surface area contributed by atoms with Crippen LogP contribution in [-0.2, 0) is 11.2 Å². The maximum atomic E-state index is 12.4. The lowest BCUT2D eigenvalue weighted by atomic mass is 10.1. The number of aromatic nitrogens is 4. The molecule has 0 unspecified atom stereocenters. The van der Waals surface area contributed by atoms with Gasteiger partial charge in [0.25, 0.3) is 0 Å². The quantitative estimate of drug-likeness (QED) is 0.594. The van der Waals surface area contributed by atoms with Crippen molar-refractivity contribution in [2.75, 3.05) is 5.32 Å². The monoisotopic (exact) mass is 370 g/mol. The molecule has 0 saturated carbocycles. The van der Waals surface area contributed by atoms with E-state index >= 15 is 0 Å². The number of benzene rings is 1. The lowest BCUT2D eigenvalue weighted by molar-refractivity contribution is -0.116. The first-order valence-corrected chi connectivity index (χ1v) is 8.96. The zero-order chi connectivity index (χ0) is 19.7. The molecule has 0 aliphatic carbocycles. The van der Waals surface area contributed by atoms with E-state index in [4.69, 9.17) is 5.26 Å². The molecule has 0 bridgehead atoms. The van der Waals surface area contributed by atoms with Crippen LogP contribution in [0.1, 0.15) is 28.9 Å². The van der Waals surface area contributed by atoms with Crippen molar-refractivity contribution in [2.24, 2.45) is 0 Å². The zero-order valence-electron chi connectivity index (χ0n) is 15.6. The van der Waals surface area contributed by atoms with Crippen LogP contribution in [-0.4, -0.2) is 25.5 Å². The predicted octanol–water partition coefficient (Wildman–Crippen LogP) is 3.34. The molecule has 1 N–H and O–H groups in total. The summed E-state index contributed by atoms with van der Waals surface area (Å²) in [5, 5.41) is 17.3. The van der Waals surface area contributed by atoms with Crippen LogP contribution in [0.15, 0.2) is 42.6 Å². The Labute approximate surface area is 161 Å². The Balaban J connectivity index is 1.50. The van der Waals surface area contributed by atoms with Gasteiger partial charge in [-0.15, -0.1) is 0 Å². The minimum atomic E-state index is -0.111. The number of nitriles is 1. The van der Waals surface area contributed by atoms with Crippen LogP contribution >= 0.6 is 0 Å². The second kappa shape index (κ2) is 7.08. The normalized spacial score (nSPS) is 10.9. The van der Waals surface area contributed by atoms with E-state index in [2.05, 4.69) is 26.5 Å². The summed E-state index contributed by atoms with van der Waals surface area (Å²) in [6, 6.07) is 13.6. The predicted molar refractivity (Wildman–Crippen MR) is 106 cm³/mol. The summed E-state index contributed by atoms with van der Waals surface area (Å²) in [6.07, 6.45) is 2.34. The van der Waals surface area contributed by atoms with Gasteiger partial charge < -0.3 is 5.32 Å². The maximum Gasteiger partial charge on any atom is 0.225 e. The summed E-state index contributed by atoms with van der Waals surface area (Å²) in [5.74, 6) is 0.427. The number of aryl methyl sites for hydroxylation is 2. The minimum absolute atomic E-state index is 0.111. The molecule has 0 atom stereocenters. The molecule has 3 heterocycles. The van der Waals surface area contributed by atoms with Crippen molar-refractivity contribution in [1.82, 2.24) is 19.6 Å². The van der Waals surface area contributed by atoms with Gasteiger partial charge in [0.1, 0.15) is 17.5 Å². The van der Waals surface area contributed by atoms with Crippen molar-refractivity contribution >= 4 is 28.3 Å². The van der Waals surface area contributed by atoms with Crippen LogP contribution in [0.4, 0.5) is 5.82 Å². The third-order valence-corrected chi connectivity index (χ3v) is 4.80. The lowest BCUT2D eigenvalue weighted by Crippen LogP contribution is -2.15. The third kappa shape index (κ3) is 3.16. The van der Waals surface area contributed by atoms with Crippen molar-refractivity contribution in [2.45, 2.75) is 26.7 Å². The third-order valence-electron chi connectivity index (χ3n) is 4.80. The fourth-order valence-corrected chi connectivity index (χ4v) is 3.33. The van der Waals surface area contributed by atoms with Gasteiger partial charge in [0.2, 0.25) is 5.91 Å². The summed E-state index contributed by atoms with van der Waals surface area (Å²) < 4.78 is 1.66. The Morgan fingerprint density at radius 2 is 2.00 bits per heavy atom. The van der Waals surface area contributed by atoms with Crippen molar-refractivity contribution < 1.29 is 4.79 Å². The van der Waals surface area contributed by atoms with Gasteiger partial charge in [0, 0.05) is 23.2 Å². The van der Waals surface area contributed by atoms with Gasteiger partial charge in [0.05, 0.1) is 11.7 Å². The van der Waals surface area contributed by atoms with E-state index in [1.165, 1.54) is 6.20 Å². The van der Waals surface area contributed by atoms with E-state index in [0.717, 1.165) is 27.9 Å². The number of hydrogen-bond acceptors (Lipinski definition) is 5. The average Bonchev–Trinajstić information content (AvgIpc) is 3.10. The highest BCUT2D eigenvalue weighted by atomic mass is 16.1. The van der Waals surface area contributed by atoms with E-state index in [1.54, 1.807) is 10.6 Å². The molecule has 0 spiro atoms. The number of rotatable bonds is 4. The highest BCUT2D eigenvalue weighted by Crippen LogP contribution is 2.19. The highest BCUT2D eigenvalue weighted by Gasteiger charge is 2.15. The van der Waals surface area contributed by atoms with Crippen LogP contribution in [0.2, 0.25) is 0 Å². The van der Waals surface area contributed by atoms with Gasteiger partial charge in [-0.3, -0.25) is 4.79 Å². The van der Waals surface area contributed by atoms with Gasteiger partial charge in [0.15, 0.2) is 5.65 Å². The molecule has 3 aromatic heterocycles. The first-order chi connectivity index (χ1) is 13.6. The zero-order valence-corrected chi connectivity index (χ0v) is 15.6. The molecule has 28 heavy (non-hydrogen) atoms. The van der Waals surface area contributed by atoms with Gasteiger partial charge in [-0.2, -0.15) is 10.4 Å².